The van der Waals surface area contributed by atoms with Gasteiger partial charge in [0.2, 0.25) is 0 Å². The van der Waals surface area contributed by atoms with E-state index < -0.39 is 0 Å². The predicted molar refractivity (Wildman–Crippen MR) is 186 cm³/mol. The Bertz CT molecular complexity index is 1790. The molecule has 0 amide bonds. The topological polar surface area (TPSA) is 14.2 Å². The Kier molecular flexibility index (Phi) is 7.33. The summed E-state index contributed by atoms with van der Waals surface area (Å²) < 4.78 is 8.57. The fourth-order valence-electron chi connectivity index (χ4n) is 8.65. The predicted octanol–water partition coefficient (Wildman–Crippen LogP) is 11.2. The van der Waals surface area contributed by atoms with Crippen LogP contribution in [0.1, 0.15) is 99.6 Å². The van der Waals surface area contributed by atoms with Crippen molar-refractivity contribution in [2.24, 2.45) is 12.5 Å². The maximum absolute atomic E-state index is 6.04. The summed E-state index contributed by atoms with van der Waals surface area (Å²) in [4.78, 5) is 0. The van der Waals surface area contributed by atoms with Gasteiger partial charge in [0.05, 0.1) is 5.60 Å². The maximum Gasteiger partial charge on any atom is 0.0598 e. The van der Waals surface area contributed by atoms with Crippen LogP contribution < -0.4 is 0 Å². The van der Waals surface area contributed by atoms with Gasteiger partial charge in [-0.3, -0.25) is 0 Å². The SMILES string of the molecule is Cc1ccc2c(c1)c1c(n2C)C(C(C)(CCCCCCOC(C)(C)C)C2c3ccccc3-c3ccccc32)c2ccccc2-1. The Morgan fingerprint density at radius 1 is 0.659 bits per heavy atom. The van der Waals surface area contributed by atoms with Crippen molar-refractivity contribution in [1.82, 2.24) is 4.57 Å². The molecule has 2 nitrogen and oxygen atoms in total. The van der Waals surface area contributed by atoms with Crippen LogP contribution in [0.5, 0.6) is 0 Å². The zero-order chi connectivity index (χ0) is 30.6. The molecule has 0 fully saturated rings. The number of ether oxygens (including phenoxy) is 1. The number of hydrogen-bond acceptors (Lipinski definition) is 1. The lowest BCUT2D eigenvalue weighted by Crippen LogP contribution is -2.33. The lowest BCUT2D eigenvalue weighted by molar-refractivity contribution is -0.00481. The van der Waals surface area contributed by atoms with Crippen LogP contribution in [-0.2, 0) is 11.8 Å². The standard InChI is InChI=1S/C42H47NO/c1-28-23-24-36-35(27-28)37-31-19-11-14-22-34(31)39(40(37)43(36)6)42(5,25-15-7-8-16-26-44-41(2,3)4)38-32-20-12-9-17-29(32)30-18-10-13-21-33(30)38/h9-14,17-24,27,38-39H,7-8,15-16,25-26H2,1-6H3. The highest BCUT2D eigenvalue weighted by Gasteiger charge is 2.51. The van der Waals surface area contributed by atoms with Crippen LogP contribution in [0.3, 0.4) is 0 Å². The van der Waals surface area contributed by atoms with Crippen LogP contribution in [0.2, 0.25) is 0 Å². The molecule has 0 bridgehead atoms. The molecule has 2 aliphatic carbocycles. The van der Waals surface area contributed by atoms with Crippen molar-refractivity contribution < 1.29 is 4.74 Å². The van der Waals surface area contributed by atoms with Crippen LogP contribution in [0.15, 0.2) is 91.0 Å². The summed E-state index contributed by atoms with van der Waals surface area (Å²) in [6, 6.07) is 34.7. The van der Waals surface area contributed by atoms with E-state index in [4.69, 9.17) is 4.74 Å². The van der Waals surface area contributed by atoms with E-state index in [1.165, 1.54) is 86.8 Å². The lowest BCUT2D eigenvalue weighted by atomic mass is 9.60. The second-order valence-corrected chi connectivity index (χ2v) is 14.6. The van der Waals surface area contributed by atoms with Crippen molar-refractivity contribution >= 4 is 10.9 Å². The summed E-state index contributed by atoms with van der Waals surface area (Å²) in [7, 11) is 2.31. The molecule has 0 spiro atoms. The van der Waals surface area contributed by atoms with Crippen molar-refractivity contribution in [3.8, 4) is 22.3 Å². The molecular formula is C42H47NO. The minimum Gasteiger partial charge on any atom is -0.376 e. The van der Waals surface area contributed by atoms with E-state index in [1.54, 1.807) is 0 Å². The third-order valence-corrected chi connectivity index (χ3v) is 10.5. The Morgan fingerprint density at radius 3 is 1.86 bits per heavy atom. The quantitative estimate of drug-likeness (QED) is 0.158. The second kappa shape index (κ2) is 11.1. The van der Waals surface area contributed by atoms with E-state index in [9.17, 15) is 0 Å². The average Bonchev–Trinajstić information content (AvgIpc) is 3.62. The van der Waals surface area contributed by atoms with Gasteiger partial charge < -0.3 is 9.30 Å². The molecule has 44 heavy (non-hydrogen) atoms. The first-order valence-electron chi connectivity index (χ1n) is 16.7. The molecule has 226 valence electrons. The monoisotopic (exact) mass is 581 g/mol. The molecule has 1 aromatic heterocycles. The first kappa shape index (κ1) is 29.1. The van der Waals surface area contributed by atoms with Gasteiger partial charge >= 0.3 is 0 Å². The average molecular weight is 582 g/mol. The van der Waals surface area contributed by atoms with Gasteiger partial charge in [-0.15, -0.1) is 0 Å². The van der Waals surface area contributed by atoms with Gasteiger partial charge in [0, 0.05) is 47.7 Å². The number of unbranched alkanes of at least 4 members (excludes halogenated alkanes) is 3. The van der Waals surface area contributed by atoms with Gasteiger partial charge in [0.1, 0.15) is 0 Å². The first-order chi connectivity index (χ1) is 21.2. The Labute approximate surface area is 264 Å². The molecule has 0 radical (unpaired) electrons. The summed E-state index contributed by atoms with van der Waals surface area (Å²) in [5, 5.41) is 1.39. The van der Waals surface area contributed by atoms with Gasteiger partial charge in [-0.05, 0) is 91.5 Å². The van der Waals surface area contributed by atoms with Crippen molar-refractivity contribution in [2.75, 3.05) is 6.61 Å². The molecule has 2 unspecified atom stereocenters. The lowest BCUT2D eigenvalue weighted by Gasteiger charge is -2.43. The molecular weight excluding hydrogens is 534 g/mol. The number of rotatable bonds is 9. The maximum atomic E-state index is 6.04. The van der Waals surface area contributed by atoms with Gasteiger partial charge in [-0.1, -0.05) is 111 Å². The summed E-state index contributed by atoms with van der Waals surface area (Å²) in [6.07, 6.45) is 5.95. The number of hydrogen-bond donors (Lipinski definition) is 0. The Morgan fingerprint density at radius 2 is 1.23 bits per heavy atom. The van der Waals surface area contributed by atoms with Crippen LogP contribution in [0, 0.1) is 12.3 Å². The van der Waals surface area contributed by atoms with Crippen molar-refractivity contribution in [1.29, 1.82) is 0 Å². The summed E-state index contributed by atoms with van der Waals surface area (Å²) in [5.41, 5.74) is 14.3. The zero-order valence-electron chi connectivity index (χ0n) is 27.4. The third-order valence-electron chi connectivity index (χ3n) is 10.5. The fraction of sp³-hybridized carbons (Fsp3) is 0.381. The summed E-state index contributed by atoms with van der Waals surface area (Å²) >= 11 is 0. The van der Waals surface area contributed by atoms with Gasteiger partial charge in [-0.2, -0.15) is 0 Å². The van der Waals surface area contributed by atoms with E-state index in [2.05, 4.69) is 137 Å². The van der Waals surface area contributed by atoms with E-state index in [0.29, 0.717) is 11.8 Å². The van der Waals surface area contributed by atoms with Gasteiger partial charge in [-0.25, -0.2) is 0 Å². The molecule has 0 aliphatic heterocycles. The van der Waals surface area contributed by atoms with Gasteiger partial charge in [0.25, 0.3) is 0 Å². The van der Waals surface area contributed by atoms with Crippen LogP contribution in [-0.4, -0.2) is 16.8 Å². The molecule has 4 aromatic carbocycles. The van der Waals surface area contributed by atoms with Crippen LogP contribution >= 0.6 is 0 Å². The number of aromatic nitrogens is 1. The highest BCUT2D eigenvalue weighted by molar-refractivity contribution is 6.02. The van der Waals surface area contributed by atoms with E-state index in [1.807, 2.05) is 0 Å². The molecule has 2 heteroatoms. The summed E-state index contributed by atoms with van der Waals surface area (Å²) in [6.45, 7) is 12.1. The Balaban J connectivity index is 1.35. The largest absolute Gasteiger partial charge is 0.376 e. The third kappa shape index (κ3) is 4.74. The smallest absolute Gasteiger partial charge is 0.0598 e. The van der Waals surface area contributed by atoms with Crippen molar-refractivity contribution in [2.45, 2.75) is 84.2 Å². The minimum absolute atomic E-state index is 0.0247. The second-order valence-electron chi connectivity index (χ2n) is 14.6. The summed E-state index contributed by atoms with van der Waals surface area (Å²) in [5.74, 6) is 0.614. The molecule has 7 rings (SSSR count). The van der Waals surface area contributed by atoms with Crippen molar-refractivity contribution in [3.63, 3.8) is 0 Å². The molecule has 2 aliphatic rings. The number of aryl methyl sites for hydroxylation is 2. The van der Waals surface area contributed by atoms with Crippen LogP contribution in [0.25, 0.3) is 33.2 Å². The minimum atomic E-state index is -0.0629. The molecule has 1 heterocycles. The normalized spacial score (nSPS) is 16.9. The number of benzene rings is 4. The van der Waals surface area contributed by atoms with E-state index >= 15 is 0 Å². The molecule has 0 N–H and O–H groups in total. The molecule has 2 atom stereocenters. The number of nitrogens with zero attached hydrogens (tertiary/aromatic N) is 1. The first-order valence-corrected chi connectivity index (χ1v) is 16.7. The molecule has 0 saturated carbocycles. The highest BCUT2D eigenvalue weighted by atomic mass is 16.5. The van der Waals surface area contributed by atoms with Gasteiger partial charge in [0.15, 0.2) is 0 Å². The van der Waals surface area contributed by atoms with Crippen molar-refractivity contribution in [3.05, 3.63) is 119 Å². The Hall–Kier alpha value is -3.62. The molecule has 0 saturated heterocycles. The fourth-order valence-corrected chi connectivity index (χ4v) is 8.65. The zero-order valence-corrected chi connectivity index (χ0v) is 27.4. The highest BCUT2D eigenvalue weighted by Crippen LogP contribution is 2.65. The van der Waals surface area contributed by atoms with E-state index in [-0.39, 0.29) is 11.0 Å². The van der Waals surface area contributed by atoms with E-state index in [0.717, 1.165) is 13.0 Å². The van der Waals surface area contributed by atoms with Crippen LogP contribution in [0.4, 0.5) is 0 Å². The molecule has 5 aromatic rings. The number of fused-ring (bicyclic) bond motifs is 8.